The number of fused-ring (bicyclic) bond motifs is 1. The molecule has 1 unspecified atom stereocenters. The zero-order valence-corrected chi connectivity index (χ0v) is 21.2. The number of aldehydes is 1. The van der Waals surface area contributed by atoms with Gasteiger partial charge < -0.3 is 24.6 Å². The molecule has 0 spiro atoms. The Hall–Kier alpha value is -3.37. The van der Waals surface area contributed by atoms with E-state index in [4.69, 9.17) is 9.72 Å². The Morgan fingerprint density at radius 3 is 2.54 bits per heavy atom. The van der Waals surface area contributed by atoms with Crippen LogP contribution in [0.3, 0.4) is 0 Å². The molecule has 4 heterocycles. The molecular weight excluding hydrogens is 478 g/mol. The van der Waals surface area contributed by atoms with Gasteiger partial charge in [-0.1, -0.05) is 6.92 Å². The number of rotatable bonds is 7. The Labute approximate surface area is 215 Å². The van der Waals surface area contributed by atoms with Crippen molar-refractivity contribution in [2.24, 2.45) is 5.92 Å². The lowest BCUT2D eigenvalue weighted by molar-refractivity contribution is -0.111. The molecular formula is C27H32F2N6O2. The molecule has 1 aromatic carbocycles. The zero-order chi connectivity index (χ0) is 25.9. The first kappa shape index (κ1) is 25.3. The highest BCUT2D eigenvalue weighted by Crippen LogP contribution is 2.37. The molecule has 37 heavy (non-hydrogen) atoms. The highest BCUT2D eigenvalue weighted by atomic mass is 19.1. The fourth-order valence-corrected chi connectivity index (χ4v) is 5.08. The van der Waals surface area contributed by atoms with Gasteiger partial charge in [0.15, 0.2) is 0 Å². The van der Waals surface area contributed by atoms with Crippen molar-refractivity contribution in [1.82, 2.24) is 14.9 Å². The first-order valence-corrected chi connectivity index (χ1v) is 12.7. The van der Waals surface area contributed by atoms with Crippen LogP contribution in [0.1, 0.15) is 12.5 Å². The number of ether oxygens (including phenoxy) is 1. The summed E-state index contributed by atoms with van der Waals surface area (Å²) in [5.41, 5.74) is 3.26. The predicted molar refractivity (Wildman–Crippen MR) is 141 cm³/mol. The number of halogens is 2. The van der Waals surface area contributed by atoms with Gasteiger partial charge in [0.05, 0.1) is 53.6 Å². The number of nitrogens with one attached hydrogen (secondary N) is 1. The van der Waals surface area contributed by atoms with Crippen molar-refractivity contribution < 1.29 is 18.3 Å². The van der Waals surface area contributed by atoms with Crippen LogP contribution in [-0.4, -0.2) is 80.2 Å². The summed E-state index contributed by atoms with van der Waals surface area (Å²) in [4.78, 5) is 26.8. The number of benzene rings is 1. The maximum atomic E-state index is 15.1. The second-order valence-electron chi connectivity index (χ2n) is 9.77. The molecule has 2 aromatic heterocycles. The van der Waals surface area contributed by atoms with Crippen molar-refractivity contribution in [3.8, 4) is 0 Å². The predicted octanol–water partition coefficient (Wildman–Crippen LogP) is 3.75. The van der Waals surface area contributed by atoms with Crippen molar-refractivity contribution in [3.05, 3.63) is 47.8 Å². The van der Waals surface area contributed by atoms with E-state index in [1.807, 2.05) is 19.9 Å². The van der Waals surface area contributed by atoms with Crippen LogP contribution in [0.15, 0.2) is 30.6 Å². The molecule has 0 aliphatic carbocycles. The van der Waals surface area contributed by atoms with Crippen LogP contribution in [0, 0.1) is 24.5 Å². The fraction of sp³-hybridized carbons (Fsp3) is 0.444. The van der Waals surface area contributed by atoms with Gasteiger partial charge >= 0.3 is 0 Å². The van der Waals surface area contributed by atoms with E-state index in [1.54, 1.807) is 12.4 Å². The number of nitrogens with zero attached hydrogens (tertiary/aromatic N) is 5. The van der Waals surface area contributed by atoms with Crippen LogP contribution < -0.4 is 15.1 Å². The lowest BCUT2D eigenvalue weighted by Gasteiger charge is -2.37. The van der Waals surface area contributed by atoms with Gasteiger partial charge in [0.2, 0.25) is 0 Å². The second kappa shape index (κ2) is 10.9. The number of carbonyl (C=O) groups is 1. The number of hydrogen-bond acceptors (Lipinski definition) is 8. The van der Waals surface area contributed by atoms with Gasteiger partial charge in [0.1, 0.15) is 23.7 Å². The Kier molecular flexibility index (Phi) is 7.48. The Balaban J connectivity index is 1.48. The van der Waals surface area contributed by atoms with Gasteiger partial charge in [0, 0.05) is 69.4 Å². The smallest absolute Gasteiger partial charge is 0.137 e. The van der Waals surface area contributed by atoms with Gasteiger partial charge in [-0.05, 0) is 13.0 Å². The van der Waals surface area contributed by atoms with Gasteiger partial charge in [0.25, 0.3) is 0 Å². The topological polar surface area (TPSA) is 73.8 Å². The maximum absolute atomic E-state index is 15.1. The molecule has 2 saturated heterocycles. The molecule has 0 radical (unpaired) electrons. The highest BCUT2D eigenvalue weighted by Gasteiger charge is 2.24. The van der Waals surface area contributed by atoms with Crippen LogP contribution in [-0.2, 0) is 9.53 Å². The standard InChI is InChI=1S/C27H32F2N6O2/c1-18(17-36)16-33-3-5-35(6-4-33)27-19(2)26(25-23(29)11-20(28)12-24(25)32-27)31-21-13-22(15-30-14-21)34-7-9-37-10-8-34/h11-15,17-18H,3-10,16H2,1-2H3,(H,31,32). The minimum Gasteiger partial charge on any atom is -0.378 e. The van der Waals surface area contributed by atoms with E-state index in [2.05, 4.69) is 25.0 Å². The third-order valence-corrected chi connectivity index (χ3v) is 7.04. The van der Waals surface area contributed by atoms with Gasteiger partial charge in [-0.2, -0.15) is 0 Å². The van der Waals surface area contributed by atoms with E-state index in [9.17, 15) is 9.18 Å². The molecule has 0 bridgehead atoms. The molecule has 10 heteroatoms. The summed E-state index contributed by atoms with van der Waals surface area (Å²) in [5, 5.41) is 3.63. The first-order valence-electron chi connectivity index (χ1n) is 12.7. The van der Waals surface area contributed by atoms with Gasteiger partial charge in [-0.15, -0.1) is 0 Å². The lowest BCUT2D eigenvalue weighted by Crippen LogP contribution is -2.48. The summed E-state index contributed by atoms with van der Waals surface area (Å²) in [6.07, 6.45) is 4.48. The van der Waals surface area contributed by atoms with Crippen molar-refractivity contribution >= 4 is 40.1 Å². The molecule has 196 valence electrons. The SMILES string of the molecule is Cc1c(N2CCN(CC(C)C=O)CC2)nc2cc(F)cc(F)c2c1Nc1cncc(N2CCOCC2)c1. The molecule has 0 saturated carbocycles. The third-order valence-electron chi connectivity index (χ3n) is 7.04. The minimum atomic E-state index is -0.665. The molecule has 0 amide bonds. The monoisotopic (exact) mass is 510 g/mol. The summed E-state index contributed by atoms with van der Waals surface area (Å²) in [7, 11) is 0. The van der Waals surface area contributed by atoms with Crippen molar-refractivity contribution in [2.75, 3.05) is 74.1 Å². The van der Waals surface area contributed by atoms with E-state index in [-0.39, 0.29) is 16.8 Å². The molecule has 8 nitrogen and oxygen atoms in total. The molecule has 2 aliphatic heterocycles. The zero-order valence-electron chi connectivity index (χ0n) is 21.2. The molecule has 5 rings (SSSR count). The third kappa shape index (κ3) is 5.50. The normalized spacial score (nSPS) is 17.7. The Morgan fingerprint density at radius 1 is 1.05 bits per heavy atom. The number of pyridine rings is 2. The summed E-state index contributed by atoms with van der Waals surface area (Å²) in [5.74, 6) is -0.650. The van der Waals surface area contributed by atoms with Crippen LogP contribution in [0.25, 0.3) is 10.9 Å². The minimum absolute atomic E-state index is 0.0179. The maximum Gasteiger partial charge on any atom is 0.137 e. The van der Waals surface area contributed by atoms with Gasteiger partial charge in [-0.3, -0.25) is 9.88 Å². The van der Waals surface area contributed by atoms with E-state index < -0.39 is 11.6 Å². The summed E-state index contributed by atoms with van der Waals surface area (Å²) < 4.78 is 34.8. The quantitative estimate of drug-likeness (QED) is 0.482. The number of hydrogen-bond donors (Lipinski definition) is 1. The molecule has 2 fully saturated rings. The van der Waals surface area contributed by atoms with E-state index in [1.165, 1.54) is 6.07 Å². The van der Waals surface area contributed by atoms with E-state index in [0.29, 0.717) is 43.5 Å². The second-order valence-corrected chi connectivity index (χ2v) is 9.77. The molecule has 3 aromatic rings. The highest BCUT2D eigenvalue weighted by molar-refractivity contribution is 5.97. The number of aromatic nitrogens is 2. The first-order chi connectivity index (χ1) is 17.9. The average Bonchev–Trinajstić information content (AvgIpc) is 2.91. The summed E-state index contributed by atoms with van der Waals surface area (Å²) in [6.45, 7) is 10.4. The van der Waals surface area contributed by atoms with Gasteiger partial charge in [-0.25, -0.2) is 13.8 Å². The van der Waals surface area contributed by atoms with E-state index in [0.717, 1.165) is 56.3 Å². The number of morpholine rings is 1. The lowest BCUT2D eigenvalue weighted by atomic mass is 10.1. The summed E-state index contributed by atoms with van der Waals surface area (Å²) >= 11 is 0. The van der Waals surface area contributed by atoms with Crippen LogP contribution in [0.2, 0.25) is 0 Å². The number of anilines is 4. The average molecular weight is 511 g/mol. The van der Waals surface area contributed by atoms with E-state index >= 15 is 4.39 Å². The summed E-state index contributed by atoms with van der Waals surface area (Å²) in [6, 6.07) is 4.15. The largest absolute Gasteiger partial charge is 0.378 e. The van der Waals surface area contributed by atoms with Crippen molar-refractivity contribution in [2.45, 2.75) is 13.8 Å². The Bertz CT molecular complexity index is 1280. The molecule has 2 aliphatic rings. The van der Waals surface area contributed by atoms with Crippen LogP contribution in [0.4, 0.5) is 31.7 Å². The Morgan fingerprint density at radius 2 is 1.81 bits per heavy atom. The molecule has 1 N–H and O–H groups in total. The number of piperazine rings is 1. The number of carbonyl (C=O) groups excluding carboxylic acids is 1. The van der Waals surface area contributed by atoms with Crippen LogP contribution >= 0.6 is 0 Å². The molecule has 1 atom stereocenters. The fourth-order valence-electron chi connectivity index (χ4n) is 5.08. The van der Waals surface area contributed by atoms with Crippen molar-refractivity contribution in [3.63, 3.8) is 0 Å². The van der Waals surface area contributed by atoms with Crippen molar-refractivity contribution in [1.29, 1.82) is 0 Å². The van der Waals surface area contributed by atoms with Crippen LogP contribution in [0.5, 0.6) is 0 Å².